The highest BCUT2D eigenvalue weighted by molar-refractivity contribution is 5.65. The summed E-state index contributed by atoms with van der Waals surface area (Å²) in [7, 11) is 0. The number of hydrogen-bond donors (Lipinski definition) is 0. The molecule has 32 heavy (non-hydrogen) atoms. The number of aliphatic imine (C=N–C) groups is 2. The first-order valence-corrected chi connectivity index (χ1v) is 9.65. The quantitative estimate of drug-likeness (QED) is 0.241. The number of ether oxygens (including phenoxy) is 2. The smallest absolute Gasteiger partial charge is 0.240 e. The molecule has 6 heteroatoms. The third-order valence-corrected chi connectivity index (χ3v) is 4.50. The molecule has 0 aliphatic heterocycles. The number of benzene rings is 4. The van der Waals surface area contributed by atoms with Crippen LogP contribution in [0.25, 0.3) is 11.1 Å². The van der Waals surface area contributed by atoms with Gasteiger partial charge in [0, 0.05) is 12.1 Å². The normalized spacial score (nSPS) is 9.88. The SMILES string of the molecule is O=C=Nc1cccc(Oc2ccc(-c3ccc(Oc4cccc(N=C=O)c4)cc3)cc2)c1. The maximum absolute atomic E-state index is 10.4. The molecule has 6 nitrogen and oxygen atoms in total. The standard InChI is InChI=1S/C26H16N2O4/c29-17-27-21-3-1-5-25(15-21)31-23-11-7-19(8-12-23)20-9-13-24(14-10-20)32-26-6-2-4-22(16-26)28-18-30/h1-16H. The highest BCUT2D eigenvalue weighted by Crippen LogP contribution is 2.30. The minimum Gasteiger partial charge on any atom is -0.457 e. The summed E-state index contributed by atoms with van der Waals surface area (Å²) in [5.41, 5.74) is 3.01. The van der Waals surface area contributed by atoms with E-state index in [-0.39, 0.29) is 0 Å². The zero-order valence-electron chi connectivity index (χ0n) is 16.8. The topological polar surface area (TPSA) is 77.3 Å². The van der Waals surface area contributed by atoms with Gasteiger partial charge in [0.15, 0.2) is 0 Å². The molecule has 0 aliphatic carbocycles. The second-order valence-corrected chi connectivity index (χ2v) is 6.65. The Morgan fingerprint density at radius 2 is 0.906 bits per heavy atom. The molecule has 0 heterocycles. The van der Waals surface area contributed by atoms with Crippen LogP contribution in [0.15, 0.2) is 107 Å². The van der Waals surface area contributed by atoms with Gasteiger partial charge in [0.1, 0.15) is 23.0 Å². The maximum Gasteiger partial charge on any atom is 0.240 e. The molecule has 154 valence electrons. The van der Waals surface area contributed by atoms with Gasteiger partial charge in [0.05, 0.1) is 11.4 Å². The molecule has 4 aromatic carbocycles. The van der Waals surface area contributed by atoms with Crippen LogP contribution in [0.3, 0.4) is 0 Å². The van der Waals surface area contributed by atoms with Crippen molar-refractivity contribution in [2.75, 3.05) is 0 Å². The first-order valence-electron chi connectivity index (χ1n) is 9.65. The van der Waals surface area contributed by atoms with Crippen molar-refractivity contribution >= 4 is 23.5 Å². The van der Waals surface area contributed by atoms with Crippen molar-refractivity contribution in [2.45, 2.75) is 0 Å². The molecular formula is C26H16N2O4. The highest BCUT2D eigenvalue weighted by atomic mass is 16.5. The van der Waals surface area contributed by atoms with E-state index in [1.165, 1.54) is 12.2 Å². The Bertz CT molecular complexity index is 1210. The molecule has 0 aliphatic rings. The zero-order valence-corrected chi connectivity index (χ0v) is 16.8. The molecule has 4 rings (SSSR count). The number of hydrogen-bond acceptors (Lipinski definition) is 6. The fourth-order valence-electron chi connectivity index (χ4n) is 3.04. The van der Waals surface area contributed by atoms with E-state index in [0.29, 0.717) is 34.4 Å². The van der Waals surface area contributed by atoms with E-state index in [1.807, 2.05) is 48.5 Å². The lowest BCUT2D eigenvalue weighted by Crippen LogP contribution is -1.86. The molecule has 0 bridgehead atoms. The Labute approximate surface area is 184 Å². The molecule has 0 saturated heterocycles. The summed E-state index contributed by atoms with van der Waals surface area (Å²) in [6, 6.07) is 29.1. The van der Waals surface area contributed by atoms with Gasteiger partial charge in [-0.2, -0.15) is 9.98 Å². The Balaban J connectivity index is 1.44. The molecule has 4 aromatic rings. The molecule has 0 fully saturated rings. The van der Waals surface area contributed by atoms with Crippen LogP contribution in [-0.4, -0.2) is 12.2 Å². The lowest BCUT2D eigenvalue weighted by atomic mass is 10.1. The first-order chi connectivity index (χ1) is 15.7. The third-order valence-electron chi connectivity index (χ3n) is 4.50. The van der Waals surface area contributed by atoms with E-state index in [9.17, 15) is 9.59 Å². The van der Waals surface area contributed by atoms with Gasteiger partial charge < -0.3 is 9.47 Å². The molecular weight excluding hydrogens is 404 g/mol. The summed E-state index contributed by atoms with van der Waals surface area (Å²) in [6.45, 7) is 0. The van der Waals surface area contributed by atoms with Crippen LogP contribution in [0, 0.1) is 0 Å². The average Bonchev–Trinajstić information content (AvgIpc) is 2.81. The van der Waals surface area contributed by atoms with Crippen LogP contribution >= 0.6 is 0 Å². The summed E-state index contributed by atoms with van der Waals surface area (Å²) in [6.07, 6.45) is 3.04. The lowest BCUT2D eigenvalue weighted by Gasteiger charge is -2.09. The van der Waals surface area contributed by atoms with Crippen LogP contribution in [0.4, 0.5) is 11.4 Å². The van der Waals surface area contributed by atoms with Crippen LogP contribution in [0.1, 0.15) is 0 Å². The van der Waals surface area contributed by atoms with E-state index in [4.69, 9.17) is 9.47 Å². The van der Waals surface area contributed by atoms with Gasteiger partial charge in [-0.25, -0.2) is 9.59 Å². The minimum absolute atomic E-state index is 0.486. The van der Waals surface area contributed by atoms with Crippen molar-refractivity contribution in [1.29, 1.82) is 0 Å². The molecule has 0 amide bonds. The Kier molecular flexibility index (Phi) is 6.30. The number of carbonyl (C=O) groups excluding carboxylic acids is 2. The van der Waals surface area contributed by atoms with E-state index in [0.717, 1.165) is 11.1 Å². The van der Waals surface area contributed by atoms with Gasteiger partial charge in [-0.3, -0.25) is 0 Å². The predicted octanol–water partition coefficient (Wildman–Crippen LogP) is 6.87. The van der Waals surface area contributed by atoms with Crippen molar-refractivity contribution in [1.82, 2.24) is 0 Å². The molecule has 0 N–H and O–H groups in total. The molecule has 0 unspecified atom stereocenters. The number of isocyanates is 2. The van der Waals surface area contributed by atoms with E-state index >= 15 is 0 Å². The monoisotopic (exact) mass is 420 g/mol. The molecule has 0 radical (unpaired) electrons. The molecule has 0 atom stereocenters. The van der Waals surface area contributed by atoms with E-state index in [1.54, 1.807) is 48.5 Å². The number of nitrogens with zero attached hydrogens (tertiary/aromatic N) is 2. The third kappa shape index (κ3) is 5.23. The van der Waals surface area contributed by atoms with Crippen LogP contribution in [0.5, 0.6) is 23.0 Å². The fraction of sp³-hybridized carbons (Fsp3) is 0. The summed E-state index contributed by atoms with van der Waals surface area (Å²) in [5, 5.41) is 0. The summed E-state index contributed by atoms with van der Waals surface area (Å²) in [4.78, 5) is 28.0. The molecule has 0 saturated carbocycles. The largest absolute Gasteiger partial charge is 0.457 e. The molecule has 0 spiro atoms. The minimum atomic E-state index is 0.486. The first kappa shape index (κ1) is 20.5. The van der Waals surface area contributed by atoms with Gasteiger partial charge in [0.2, 0.25) is 12.2 Å². The average molecular weight is 420 g/mol. The Hall–Kier alpha value is -4.76. The van der Waals surface area contributed by atoms with Crippen molar-refractivity contribution in [3.05, 3.63) is 97.1 Å². The Morgan fingerprint density at radius 1 is 0.500 bits per heavy atom. The van der Waals surface area contributed by atoms with E-state index < -0.39 is 0 Å². The zero-order chi connectivity index (χ0) is 22.2. The van der Waals surface area contributed by atoms with Crippen LogP contribution in [-0.2, 0) is 9.59 Å². The Morgan fingerprint density at radius 3 is 1.28 bits per heavy atom. The maximum atomic E-state index is 10.4. The van der Waals surface area contributed by atoms with Crippen LogP contribution < -0.4 is 9.47 Å². The lowest BCUT2D eigenvalue weighted by molar-refractivity contribution is 0.482. The van der Waals surface area contributed by atoms with Crippen molar-refractivity contribution < 1.29 is 19.1 Å². The summed E-state index contributed by atoms with van der Waals surface area (Å²) >= 11 is 0. The van der Waals surface area contributed by atoms with Gasteiger partial charge in [0.25, 0.3) is 0 Å². The number of rotatable bonds is 7. The predicted molar refractivity (Wildman–Crippen MR) is 120 cm³/mol. The summed E-state index contributed by atoms with van der Waals surface area (Å²) in [5.74, 6) is 2.50. The van der Waals surface area contributed by atoms with Gasteiger partial charge in [-0.1, -0.05) is 36.4 Å². The van der Waals surface area contributed by atoms with Gasteiger partial charge in [-0.15, -0.1) is 0 Å². The second kappa shape index (κ2) is 9.83. The van der Waals surface area contributed by atoms with E-state index in [2.05, 4.69) is 9.98 Å². The van der Waals surface area contributed by atoms with Crippen LogP contribution in [0.2, 0.25) is 0 Å². The van der Waals surface area contributed by atoms with Gasteiger partial charge in [-0.05, 0) is 59.7 Å². The summed E-state index contributed by atoms with van der Waals surface area (Å²) < 4.78 is 11.7. The second-order valence-electron chi connectivity index (χ2n) is 6.65. The molecule has 0 aromatic heterocycles. The highest BCUT2D eigenvalue weighted by Gasteiger charge is 2.03. The van der Waals surface area contributed by atoms with Crippen molar-refractivity contribution in [3.63, 3.8) is 0 Å². The van der Waals surface area contributed by atoms with Gasteiger partial charge >= 0.3 is 0 Å². The van der Waals surface area contributed by atoms with Crippen molar-refractivity contribution in [3.8, 4) is 34.1 Å². The van der Waals surface area contributed by atoms with Crippen molar-refractivity contribution in [2.24, 2.45) is 9.98 Å². The fourth-order valence-corrected chi connectivity index (χ4v) is 3.04.